The molecule has 0 fully saturated rings. The summed E-state index contributed by atoms with van der Waals surface area (Å²) in [5, 5.41) is 8.79. The van der Waals surface area contributed by atoms with Crippen LogP contribution in [0.3, 0.4) is 0 Å². The van der Waals surface area contributed by atoms with Crippen molar-refractivity contribution < 1.29 is 13.9 Å². The molecule has 0 aliphatic heterocycles. The second kappa shape index (κ2) is 6.89. The molecule has 0 spiro atoms. The van der Waals surface area contributed by atoms with Gasteiger partial charge in [0.2, 0.25) is 5.89 Å². The highest BCUT2D eigenvalue weighted by Gasteiger charge is 2.12. The summed E-state index contributed by atoms with van der Waals surface area (Å²) in [5.41, 5.74) is 0.792. The van der Waals surface area contributed by atoms with Crippen LogP contribution >= 0.6 is 23.2 Å². The van der Waals surface area contributed by atoms with Crippen molar-refractivity contribution in [2.45, 2.75) is 6.61 Å². The smallest absolute Gasteiger partial charge is 0.254 e. The predicted molar refractivity (Wildman–Crippen MR) is 87.1 cm³/mol. The molecule has 0 aliphatic rings. The molecule has 118 valence electrons. The van der Waals surface area contributed by atoms with Crippen LogP contribution in [0.1, 0.15) is 5.89 Å². The van der Waals surface area contributed by atoms with E-state index in [0.29, 0.717) is 27.6 Å². The number of hydrogen-bond donors (Lipinski definition) is 0. The maximum Gasteiger partial charge on any atom is 0.254 e. The normalized spacial score (nSPS) is 10.6. The van der Waals surface area contributed by atoms with Gasteiger partial charge in [-0.05, 0) is 36.4 Å². The van der Waals surface area contributed by atoms with Gasteiger partial charge in [-0.25, -0.2) is 0 Å². The van der Waals surface area contributed by atoms with Crippen molar-refractivity contribution in [3.63, 3.8) is 0 Å². The molecule has 0 atom stereocenters. The number of rotatable bonds is 5. The average Bonchev–Trinajstić information content (AvgIpc) is 3.03. The van der Waals surface area contributed by atoms with Crippen molar-refractivity contribution in [1.82, 2.24) is 10.2 Å². The van der Waals surface area contributed by atoms with Gasteiger partial charge in [0, 0.05) is 5.56 Å². The van der Waals surface area contributed by atoms with E-state index in [1.54, 1.807) is 25.3 Å². The molecule has 0 bridgehead atoms. The Morgan fingerprint density at radius 1 is 1.00 bits per heavy atom. The molecule has 1 aromatic heterocycles. The Morgan fingerprint density at radius 3 is 2.35 bits per heavy atom. The summed E-state index contributed by atoms with van der Waals surface area (Å²) < 4.78 is 16.2. The fourth-order valence-corrected chi connectivity index (χ4v) is 2.42. The summed E-state index contributed by atoms with van der Waals surface area (Å²) in [7, 11) is 1.61. The van der Waals surface area contributed by atoms with Crippen molar-refractivity contribution in [1.29, 1.82) is 0 Å². The van der Waals surface area contributed by atoms with Crippen LogP contribution in [-0.4, -0.2) is 17.3 Å². The van der Waals surface area contributed by atoms with Gasteiger partial charge in [0.15, 0.2) is 12.4 Å². The number of ether oxygens (including phenoxy) is 2. The third-order valence-corrected chi connectivity index (χ3v) is 3.66. The third kappa shape index (κ3) is 3.57. The van der Waals surface area contributed by atoms with Gasteiger partial charge in [-0.2, -0.15) is 0 Å². The Bertz CT molecular complexity index is 783. The number of benzene rings is 2. The second-order valence-corrected chi connectivity index (χ2v) is 5.38. The lowest BCUT2D eigenvalue weighted by Crippen LogP contribution is -1.96. The average molecular weight is 351 g/mol. The van der Waals surface area contributed by atoms with Crippen molar-refractivity contribution in [2.75, 3.05) is 7.11 Å². The topological polar surface area (TPSA) is 57.4 Å². The highest BCUT2D eigenvalue weighted by molar-refractivity contribution is 6.37. The zero-order chi connectivity index (χ0) is 16.2. The van der Waals surface area contributed by atoms with E-state index in [0.717, 1.165) is 11.3 Å². The molecule has 0 radical (unpaired) electrons. The van der Waals surface area contributed by atoms with Crippen LogP contribution in [0.2, 0.25) is 10.0 Å². The molecule has 0 N–H and O–H groups in total. The SMILES string of the molecule is COc1ccc(-c2nnc(COc3c(Cl)cccc3Cl)o2)cc1. The lowest BCUT2D eigenvalue weighted by atomic mass is 10.2. The summed E-state index contributed by atoms with van der Waals surface area (Å²) in [6, 6.07) is 12.4. The first kappa shape index (κ1) is 15.6. The van der Waals surface area contributed by atoms with Crippen LogP contribution in [0.5, 0.6) is 11.5 Å². The van der Waals surface area contributed by atoms with E-state index in [1.165, 1.54) is 0 Å². The maximum absolute atomic E-state index is 6.04. The first-order valence-corrected chi connectivity index (χ1v) is 7.46. The van der Waals surface area contributed by atoms with Gasteiger partial charge in [-0.1, -0.05) is 29.3 Å². The van der Waals surface area contributed by atoms with Gasteiger partial charge in [0.05, 0.1) is 17.2 Å². The molecule has 5 nitrogen and oxygen atoms in total. The van der Waals surface area contributed by atoms with Crippen molar-refractivity contribution in [2.24, 2.45) is 0 Å². The van der Waals surface area contributed by atoms with Crippen molar-refractivity contribution >= 4 is 23.2 Å². The molecule has 0 amide bonds. The lowest BCUT2D eigenvalue weighted by Gasteiger charge is -2.07. The second-order valence-electron chi connectivity index (χ2n) is 4.57. The van der Waals surface area contributed by atoms with E-state index >= 15 is 0 Å². The van der Waals surface area contributed by atoms with Crippen LogP contribution < -0.4 is 9.47 Å². The largest absolute Gasteiger partial charge is 0.497 e. The van der Waals surface area contributed by atoms with Crippen LogP contribution in [0, 0.1) is 0 Å². The molecule has 0 unspecified atom stereocenters. The zero-order valence-corrected chi connectivity index (χ0v) is 13.6. The fraction of sp³-hybridized carbons (Fsp3) is 0.125. The molecule has 3 aromatic rings. The minimum Gasteiger partial charge on any atom is -0.497 e. The summed E-state index contributed by atoms with van der Waals surface area (Å²) in [5.74, 6) is 1.87. The van der Waals surface area contributed by atoms with Crippen LogP contribution in [0.4, 0.5) is 0 Å². The first-order valence-electron chi connectivity index (χ1n) is 6.71. The predicted octanol–water partition coefficient (Wildman–Crippen LogP) is 4.63. The van der Waals surface area contributed by atoms with E-state index in [4.69, 9.17) is 37.1 Å². The number of methoxy groups -OCH3 is 1. The molecule has 1 heterocycles. The van der Waals surface area contributed by atoms with E-state index in [1.807, 2.05) is 24.3 Å². The summed E-state index contributed by atoms with van der Waals surface area (Å²) in [4.78, 5) is 0. The number of halogens is 2. The van der Waals surface area contributed by atoms with Crippen LogP contribution in [-0.2, 0) is 6.61 Å². The Morgan fingerprint density at radius 2 is 1.70 bits per heavy atom. The van der Waals surface area contributed by atoms with Gasteiger partial charge in [-0.3, -0.25) is 0 Å². The maximum atomic E-state index is 6.04. The molecular weight excluding hydrogens is 339 g/mol. The molecule has 7 heteroatoms. The Labute approximate surface area is 142 Å². The highest BCUT2D eigenvalue weighted by atomic mass is 35.5. The standard InChI is InChI=1S/C16H12Cl2N2O3/c1-21-11-7-5-10(6-8-11)16-20-19-14(23-16)9-22-15-12(17)3-2-4-13(15)18/h2-8H,9H2,1H3. The summed E-state index contributed by atoms with van der Waals surface area (Å²) in [6.45, 7) is 0.0760. The molecule has 0 saturated carbocycles. The minimum atomic E-state index is 0.0760. The summed E-state index contributed by atoms with van der Waals surface area (Å²) >= 11 is 12.1. The molecule has 2 aromatic carbocycles. The first-order chi connectivity index (χ1) is 11.2. The lowest BCUT2D eigenvalue weighted by molar-refractivity contribution is 0.265. The molecule has 3 rings (SSSR count). The van der Waals surface area contributed by atoms with E-state index in [-0.39, 0.29) is 6.61 Å². The molecule has 0 aliphatic carbocycles. The molecular formula is C16H12Cl2N2O3. The number of aromatic nitrogens is 2. The highest BCUT2D eigenvalue weighted by Crippen LogP contribution is 2.33. The molecule has 23 heavy (non-hydrogen) atoms. The van der Waals surface area contributed by atoms with E-state index in [9.17, 15) is 0 Å². The van der Waals surface area contributed by atoms with Gasteiger partial charge >= 0.3 is 0 Å². The quantitative estimate of drug-likeness (QED) is 0.671. The van der Waals surface area contributed by atoms with Crippen molar-refractivity contribution in [3.05, 3.63) is 58.4 Å². The fourth-order valence-electron chi connectivity index (χ4n) is 1.92. The van der Waals surface area contributed by atoms with Gasteiger partial charge in [0.25, 0.3) is 5.89 Å². The number of para-hydroxylation sites is 1. The Balaban J connectivity index is 1.72. The molecule has 0 saturated heterocycles. The van der Waals surface area contributed by atoms with Gasteiger partial charge in [0.1, 0.15) is 5.75 Å². The number of hydrogen-bond acceptors (Lipinski definition) is 5. The van der Waals surface area contributed by atoms with Crippen LogP contribution in [0.25, 0.3) is 11.5 Å². The number of nitrogens with zero attached hydrogens (tertiary/aromatic N) is 2. The monoisotopic (exact) mass is 350 g/mol. The van der Waals surface area contributed by atoms with Crippen molar-refractivity contribution in [3.8, 4) is 23.0 Å². The Kier molecular flexibility index (Phi) is 4.69. The minimum absolute atomic E-state index is 0.0760. The van der Waals surface area contributed by atoms with E-state index in [2.05, 4.69) is 10.2 Å². The zero-order valence-electron chi connectivity index (χ0n) is 12.1. The van der Waals surface area contributed by atoms with Gasteiger partial charge < -0.3 is 13.9 Å². The Hall–Kier alpha value is -2.24. The van der Waals surface area contributed by atoms with Gasteiger partial charge in [-0.15, -0.1) is 10.2 Å². The third-order valence-electron chi connectivity index (χ3n) is 3.06. The van der Waals surface area contributed by atoms with E-state index < -0.39 is 0 Å². The summed E-state index contributed by atoms with van der Waals surface area (Å²) in [6.07, 6.45) is 0. The van der Waals surface area contributed by atoms with Crippen LogP contribution in [0.15, 0.2) is 46.9 Å².